The Morgan fingerprint density at radius 2 is 2.20 bits per heavy atom. The summed E-state index contributed by atoms with van der Waals surface area (Å²) in [4.78, 5) is 7.10. The number of phenols is 1. The lowest BCUT2D eigenvalue weighted by Crippen LogP contribution is -2.51. The first kappa shape index (κ1) is 22.2. The summed E-state index contributed by atoms with van der Waals surface area (Å²) in [5.74, 6) is 2.82. The van der Waals surface area contributed by atoms with Crippen molar-refractivity contribution in [3.8, 4) is 11.5 Å². The molecule has 0 amide bonds. The first-order chi connectivity index (χ1) is 11.5. The molecular formula is C18H30IN3O2S. The molecule has 1 aromatic carbocycles. The molecule has 1 heterocycles. The number of aromatic hydroxyl groups is 1. The van der Waals surface area contributed by atoms with Crippen LogP contribution in [0.25, 0.3) is 0 Å². The van der Waals surface area contributed by atoms with Crippen LogP contribution >= 0.6 is 35.7 Å². The second-order valence-corrected chi connectivity index (χ2v) is 8.29. The molecule has 1 saturated heterocycles. The molecular weight excluding hydrogens is 449 g/mol. The first-order valence-corrected chi connectivity index (χ1v) is 9.47. The van der Waals surface area contributed by atoms with E-state index in [9.17, 15) is 5.11 Å². The average Bonchev–Trinajstić information content (AvgIpc) is 2.54. The van der Waals surface area contributed by atoms with E-state index in [2.05, 4.69) is 31.0 Å². The highest BCUT2D eigenvalue weighted by Gasteiger charge is 2.28. The topological polar surface area (TPSA) is 57.1 Å². The van der Waals surface area contributed by atoms with E-state index in [1.54, 1.807) is 13.2 Å². The van der Waals surface area contributed by atoms with Crippen molar-refractivity contribution in [2.24, 2.45) is 4.99 Å². The van der Waals surface area contributed by atoms with Crippen molar-refractivity contribution in [1.29, 1.82) is 0 Å². The summed E-state index contributed by atoms with van der Waals surface area (Å²) in [7, 11) is 1.57. The zero-order valence-corrected chi connectivity index (χ0v) is 18.7. The standard InChI is InChI=1S/C18H29N3O2S.HI/c1-5-19-17(21-11-12-24-18(2,3)13-21)20-10-9-14-7-6-8-15(23-4)16(14)22;/h6-8,22H,5,9-13H2,1-4H3,(H,19,20);1H. The minimum absolute atomic E-state index is 0. The van der Waals surface area contributed by atoms with Crippen LogP contribution in [-0.2, 0) is 6.42 Å². The highest BCUT2D eigenvalue weighted by atomic mass is 127. The quantitative estimate of drug-likeness (QED) is 0.386. The maximum Gasteiger partial charge on any atom is 0.193 e. The van der Waals surface area contributed by atoms with Gasteiger partial charge in [0.15, 0.2) is 17.5 Å². The third-order valence-corrected chi connectivity index (χ3v) is 5.30. The number of methoxy groups -OCH3 is 1. The van der Waals surface area contributed by atoms with Crippen molar-refractivity contribution in [3.63, 3.8) is 0 Å². The zero-order chi connectivity index (χ0) is 17.6. The van der Waals surface area contributed by atoms with Crippen LogP contribution in [0.4, 0.5) is 0 Å². The molecule has 1 aromatic rings. The number of guanidine groups is 1. The van der Waals surface area contributed by atoms with E-state index in [0.717, 1.165) is 36.9 Å². The Balaban J connectivity index is 0.00000312. The van der Waals surface area contributed by atoms with Crippen molar-refractivity contribution < 1.29 is 9.84 Å². The molecule has 0 bridgehead atoms. The molecule has 1 aliphatic rings. The lowest BCUT2D eigenvalue weighted by Gasteiger charge is -2.39. The van der Waals surface area contributed by atoms with Gasteiger partial charge in [0, 0.05) is 36.7 Å². The molecule has 7 heteroatoms. The summed E-state index contributed by atoms with van der Waals surface area (Å²) in [5, 5.41) is 13.6. The highest BCUT2D eigenvalue weighted by Crippen LogP contribution is 2.30. The van der Waals surface area contributed by atoms with E-state index in [-0.39, 0.29) is 34.5 Å². The number of aliphatic imine (C=N–C) groups is 1. The van der Waals surface area contributed by atoms with E-state index in [0.29, 0.717) is 18.7 Å². The van der Waals surface area contributed by atoms with Crippen molar-refractivity contribution in [2.75, 3.05) is 39.0 Å². The minimum Gasteiger partial charge on any atom is -0.504 e. The molecule has 0 aromatic heterocycles. The Morgan fingerprint density at radius 3 is 2.84 bits per heavy atom. The minimum atomic E-state index is 0. The van der Waals surface area contributed by atoms with Gasteiger partial charge in [-0.3, -0.25) is 4.99 Å². The Morgan fingerprint density at radius 1 is 1.44 bits per heavy atom. The number of nitrogens with zero attached hydrogens (tertiary/aromatic N) is 2. The number of halogens is 1. The van der Waals surface area contributed by atoms with Gasteiger partial charge in [-0.15, -0.1) is 24.0 Å². The van der Waals surface area contributed by atoms with Crippen LogP contribution in [0, 0.1) is 0 Å². The smallest absolute Gasteiger partial charge is 0.193 e. The maximum atomic E-state index is 10.2. The number of benzene rings is 1. The fraction of sp³-hybridized carbons (Fsp3) is 0.611. The molecule has 5 nitrogen and oxygen atoms in total. The van der Waals surface area contributed by atoms with Crippen molar-refractivity contribution >= 4 is 41.7 Å². The number of rotatable bonds is 5. The Kier molecular flexibility index (Phi) is 9.20. The third-order valence-electron chi connectivity index (χ3n) is 4.01. The fourth-order valence-corrected chi connectivity index (χ4v) is 3.95. The van der Waals surface area contributed by atoms with Crippen LogP contribution in [0.1, 0.15) is 26.3 Å². The molecule has 0 spiro atoms. The van der Waals surface area contributed by atoms with Gasteiger partial charge in [0.05, 0.1) is 7.11 Å². The van der Waals surface area contributed by atoms with Gasteiger partial charge in [0.1, 0.15) is 0 Å². The highest BCUT2D eigenvalue weighted by molar-refractivity contribution is 14.0. The van der Waals surface area contributed by atoms with Crippen LogP contribution in [0.3, 0.4) is 0 Å². The average molecular weight is 479 g/mol. The van der Waals surface area contributed by atoms with Crippen LogP contribution in [0.15, 0.2) is 23.2 Å². The summed E-state index contributed by atoms with van der Waals surface area (Å²) in [6, 6.07) is 5.58. The summed E-state index contributed by atoms with van der Waals surface area (Å²) >= 11 is 2.01. The molecule has 2 rings (SSSR count). The van der Waals surface area contributed by atoms with Gasteiger partial charge in [-0.25, -0.2) is 0 Å². The molecule has 0 radical (unpaired) electrons. The number of ether oxygens (including phenoxy) is 1. The van der Waals surface area contributed by atoms with Gasteiger partial charge in [0.2, 0.25) is 0 Å². The molecule has 0 atom stereocenters. The van der Waals surface area contributed by atoms with E-state index in [4.69, 9.17) is 9.73 Å². The number of thioether (sulfide) groups is 1. The van der Waals surface area contributed by atoms with Gasteiger partial charge in [-0.05, 0) is 38.8 Å². The van der Waals surface area contributed by atoms with Gasteiger partial charge < -0.3 is 20.1 Å². The van der Waals surface area contributed by atoms with Gasteiger partial charge in [-0.2, -0.15) is 11.8 Å². The van der Waals surface area contributed by atoms with E-state index >= 15 is 0 Å². The molecule has 25 heavy (non-hydrogen) atoms. The van der Waals surface area contributed by atoms with E-state index < -0.39 is 0 Å². The van der Waals surface area contributed by atoms with Crippen molar-refractivity contribution in [1.82, 2.24) is 10.2 Å². The Bertz CT molecular complexity index is 581. The largest absolute Gasteiger partial charge is 0.504 e. The van der Waals surface area contributed by atoms with Crippen LogP contribution in [0.5, 0.6) is 11.5 Å². The van der Waals surface area contributed by atoms with Crippen LogP contribution < -0.4 is 10.1 Å². The number of nitrogens with one attached hydrogen (secondary N) is 1. The predicted octanol–water partition coefficient (Wildman–Crippen LogP) is 3.35. The number of para-hydroxylation sites is 1. The second kappa shape index (κ2) is 10.4. The van der Waals surface area contributed by atoms with Crippen LogP contribution in [0.2, 0.25) is 0 Å². The predicted molar refractivity (Wildman–Crippen MR) is 118 cm³/mol. The first-order valence-electron chi connectivity index (χ1n) is 8.49. The normalized spacial score (nSPS) is 17.0. The zero-order valence-electron chi connectivity index (χ0n) is 15.5. The van der Waals surface area contributed by atoms with E-state index in [1.807, 2.05) is 23.9 Å². The lowest BCUT2D eigenvalue weighted by atomic mass is 10.1. The molecule has 1 aliphatic heterocycles. The monoisotopic (exact) mass is 479 g/mol. The van der Waals surface area contributed by atoms with Crippen molar-refractivity contribution in [3.05, 3.63) is 23.8 Å². The number of hydrogen-bond donors (Lipinski definition) is 2. The molecule has 1 fully saturated rings. The summed E-state index contributed by atoms with van der Waals surface area (Å²) < 4.78 is 5.41. The van der Waals surface area contributed by atoms with Gasteiger partial charge >= 0.3 is 0 Å². The molecule has 142 valence electrons. The Labute approximate surface area is 172 Å². The van der Waals surface area contributed by atoms with Crippen LogP contribution in [-0.4, -0.2) is 59.8 Å². The number of phenolic OH excluding ortho intramolecular Hbond substituents is 1. The van der Waals surface area contributed by atoms with E-state index in [1.165, 1.54) is 0 Å². The summed E-state index contributed by atoms with van der Waals surface area (Å²) in [6.07, 6.45) is 0.684. The second-order valence-electron chi connectivity index (χ2n) is 6.48. The molecule has 0 aliphatic carbocycles. The van der Waals surface area contributed by atoms with Gasteiger partial charge in [0.25, 0.3) is 0 Å². The lowest BCUT2D eigenvalue weighted by molar-refractivity contribution is 0.370. The Hall–Kier alpha value is -0.830. The molecule has 2 N–H and O–H groups in total. The SMILES string of the molecule is CCNC(=NCCc1cccc(OC)c1O)N1CCSC(C)(C)C1.I. The number of hydrogen-bond acceptors (Lipinski definition) is 4. The molecule has 0 saturated carbocycles. The maximum absolute atomic E-state index is 10.2. The van der Waals surface area contributed by atoms with Gasteiger partial charge in [-0.1, -0.05) is 12.1 Å². The summed E-state index contributed by atoms with van der Waals surface area (Å²) in [6.45, 7) is 10.1. The fourth-order valence-electron chi connectivity index (χ4n) is 2.84. The van der Waals surface area contributed by atoms with Crippen molar-refractivity contribution in [2.45, 2.75) is 31.9 Å². The summed E-state index contributed by atoms with van der Waals surface area (Å²) in [5.41, 5.74) is 0.864. The third kappa shape index (κ3) is 6.44. The molecule has 0 unspecified atom stereocenters.